The van der Waals surface area contributed by atoms with Gasteiger partial charge in [0.15, 0.2) is 0 Å². The topological polar surface area (TPSA) is 20.3 Å². The van der Waals surface area contributed by atoms with Crippen molar-refractivity contribution in [1.82, 2.24) is 4.90 Å². The molecule has 20 heavy (non-hydrogen) atoms. The minimum absolute atomic E-state index is 0.181. The molecular weight excluding hydrogens is 291 g/mol. The number of piperidine rings is 1. The number of likely N-dealkylation sites (tertiary alicyclic amines) is 1. The van der Waals surface area contributed by atoms with E-state index in [2.05, 4.69) is 0 Å². The Morgan fingerprint density at radius 2 is 2.00 bits per heavy atom. The van der Waals surface area contributed by atoms with Crippen LogP contribution in [0.3, 0.4) is 0 Å². The Balaban J connectivity index is 2.33. The van der Waals surface area contributed by atoms with Crippen molar-refractivity contribution in [3.63, 3.8) is 0 Å². The van der Waals surface area contributed by atoms with E-state index in [1.54, 1.807) is 0 Å². The highest BCUT2D eigenvalue weighted by Crippen LogP contribution is 2.33. The molecule has 6 heteroatoms. The Morgan fingerprint density at radius 3 is 2.65 bits per heavy atom. The van der Waals surface area contributed by atoms with E-state index in [0.29, 0.717) is 6.54 Å². The Morgan fingerprint density at radius 1 is 1.30 bits per heavy atom. The number of carbonyl (C=O) groups excluding carboxylic acids is 1. The number of hydrogen-bond donors (Lipinski definition) is 0. The minimum atomic E-state index is -4.53. The molecule has 0 radical (unpaired) electrons. The van der Waals surface area contributed by atoms with Gasteiger partial charge in [0.2, 0.25) is 0 Å². The third-order valence-corrected chi connectivity index (χ3v) is 3.89. The number of rotatable bonds is 2. The van der Waals surface area contributed by atoms with Crippen LogP contribution in [-0.2, 0) is 6.18 Å². The summed E-state index contributed by atoms with van der Waals surface area (Å²) in [5.74, 6) is -0.330. The number of hydrogen-bond acceptors (Lipinski definition) is 1. The van der Waals surface area contributed by atoms with Crippen LogP contribution in [-0.4, -0.2) is 29.3 Å². The van der Waals surface area contributed by atoms with Gasteiger partial charge in [-0.2, -0.15) is 13.2 Å². The zero-order valence-electron chi connectivity index (χ0n) is 10.8. The zero-order chi connectivity index (χ0) is 14.8. The average molecular weight is 306 g/mol. The molecule has 2 rings (SSSR count). The summed E-state index contributed by atoms with van der Waals surface area (Å²) in [7, 11) is 0. The third kappa shape index (κ3) is 3.08. The summed E-state index contributed by atoms with van der Waals surface area (Å²) in [5.41, 5.74) is -1.18. The smallest absolute Gasteiger partial charge is 0.334 e. The van der Waals surface area contributed by atoms with E-state index in [1.165, 1.54) is 23.1 Å². The second-order valence-corrected chi connectivity index (χ2v) is 5.15. The van der Waals surface area contributed by atoms with Gasteiger partial charge in [-0.15, -0.1) is 11.6 Å². The molecule has 1 aliphatic heterocycles. The maximum absolute atomic E-state index is 13.0. The Bertz CT molecular complexity index is 490. The zero-order valence-corrected chi connectivity index (χ0v) is 11.5. The normalized spacial score (nSPS) is 20.0. The van der Waals surface area contributed by atoms with Crippen LogP contribution in [0.5, 0.6) is 0 Å². The molecule has 2 nitrogen and oxygen atoms in total. The van der Waals surface area contributed by atoms with E-state index in [-0.39, 0.29) is 17.5 Å². The highest BCUT2D eigenvalue weighted by Gasteiger charge is 2.37. The molecule has 1 unspecified atom stereocenters. The molecule has 0 spiro atoms. The average Bonchev–Trinajstić information content (AvgIpc) is 2.45. The van der Waals surface area contributed by atoms with Crippen molar-refractivity contribution in [3.05, 3.63) is 35.4 Å². The van der Waals surface area contributed by atoms with Crippen molar-refractivity contribution in [1.29, 1.82) is 0 Å². The third-order valence-electron chi connectivity index (χ3n) is 3.53. The van der Waals surface area contributed by atoms with Crippen LogP contribution in [0.4, 0.5) is 13.2 Å². The summed E-state index contributed by atoms with van der Waals surface area (Å²) in [6, 6.07) is 4.72. The van der Waals surface area contributed by atoms with E-state index in [9.17, 15) is 18.0 Å². The molecule has 1 aliphatic rings. The van der Waals surface area contributed by atoms with Crippen molar-refractivity contribution in [2.75, 3.05) is 12.4 Å². The second kappa shape index (κ2) is 6.04. The highest BCUT2D eigenvalue weighted by molar-refractivity contribution is 6.18. The molecule has 0 aromatic heterocycles. The van der Waals surface area contributed by atoms with Crippen molar-refractivity contribution in [3.8, 4) is 0 Å². The van der Waals surface area contributed by atoms with Crippen LogP contribution < -0.4 is 0 Å². The number of alkyl halides is 4. The van der Waals surface area contributed by atoms with E-state index in [4.69, 9.17) is 11.6 Å². The fraction of sp³-hybridized carbons (Fsp3) is 0.500. The molecule has 1 atom stereocenters. The molecule has 0 saturated carbocycles. The highest BCUT2D eigenvalue weighted by atomic mass is 35.5. The van der Waals surface area contributed by atoms with E-state index >= 15 is 0 Å². The first-order valence-corrected chi connectivity index (χ1v) is 7.01. The molecule has 1 amide bonds. The molecule has 0 N–H and O–H groups in total. The summed E-state index contributed by atoms with van der Waals surface area (Å²) < 4.78 is 38.9. The summed E-state index contributed by atoms with van der Waals surface area (Å²) in [6.07, 6.45) is -2.04. The summed E-state index contributed by atoms with van der Waals surface area (Å²) in [6.45, 7) is 0.461. The van der Waals surface area contributed by atoms with Crippen LogP contribution in [0.25, 0.3) is 0 Å². The van der Waals surface area contributed by atoms with Crippen molar-refractivity contribution < 1.29 is 18.0 Å². The minimum Gasteiger partial charge on any atom is -0.334 e. The first-order valence-electron chi connectivity index (χ1n) is 6.48. The first kappa shape index (κ1) is 15.2. The number of carbonyl (C=O) groups is 1. The van der Waals surface area contributed by atoms with Gasteiger partial charge in [-0.1, -0.05) is 12.1 Å². The van der Waals surface area contributed by atoms with E-state index in [0.717, 1.165) is 25.3 Å². The SMILES string of the molecule is O=C(c1ccccc1C(F)(F)F)N1CCCCC1CCl. The van der Waals surface area contributed by atoms with Gasteiger partial charge in [0.05, 0.1) is 11.1 Å². The lowest BCUT2D eigenvalue weighted by Crippen LogP contribution is -2.45. The molecule has 0 bridgehead atoms. The van der Waals surface area contributed by atoms with Crippen molar-refractivity contribution in [2.45, 2.75) is 31.5 Å². The van der Waals surface area contributed by atoms with Crippen molar-refractivity contribution in [2.24, 2.45) is 0 Å². The van der Waals surface area contributed by atoms with Gasteiger partial charge in [-0.3, -0.25) is 4.79 Å². The lowest BCUT2D eigenvalue weighted by molar-refractivity contribution is -0.138. The second-order valence-electron chi connectivity index (χ2n) is 4.85. The molecule has 110 valence electrons. The van der Waals surface area contributed by atoms with E-state index < -0.39 is 17.6 Å². The molecular formula is C14H15ClF3NO. The van der Waals surface area contributed by atoms with Crippen LogP contribution >= 0.6 is 11.6 Å². The standard InChI is InChI=1S/C14H15ClF3NO/c15-9-10-5-3-4-8-19(10)13(20)11-6-1-2-7-12(11)14(16,17)18/h1-2,6-7,10H,3-5,8-9H2. The molecule has 1 aromatic carbocycles. The van der Waals surface area contributed by atoms with Gasteiger partial charge in [0, 0.05) is 18.5 Å². The van der Waals surface area contributed by atoms with Gasteiger partial charge in [-0.25, -0.2) is 0 Å². The predicted octanol–water partition coefficient (Wildman–Crippen LogP) is 3.94. The van der Waals surface area contributed by atoms with Crippen LogP contribution in [0.15, 0.2) is 24.3 Å². The molecule has 1 fully saturated rings. The number of amides is 1. The monoisotopic (exact) mass is 305 g/mol. The lowest BCUT2D eigenvalue weighted by Gasteiger charge is -2.35. The Labute approximate surface area is 120 Å². The largest absolute Gasteiger partial charge is 0.417 e. The summed E-state index contributed by atoms with van der Waals surface area (Å²) in [5, 5.41) is 0. The molecule has 1 heterocycles. The summed E-state index contributed by atoms with van der Waals surface area (Å²) >= 11 is 5.82. The van der Waals surface area contributed by atoms with E-state index in [1.807, 2.05) is 0 Å². The first-order chi connectivity index (χ1) is 9.45. The van der Waals surface area contributed by atoms with Crippen LogP contribution in [0.2, 0.25) is 0 Å². The van der Waals surface area contributed by atoms with Crippen LogP contribution in [0.1, 0.15) is 35.2 Å². The Kier molecular flexibility index (Phi) is 4.58. The molecule has 1 aromatic rings. The van der Waals surface area contributed by atoms with Gasteiger partial charge in [0.25, 0.3) is 5.91 Å². The molecule has 1 saturated heterocycles. The molecule has 0 aliphatic carbocycles. The number of halogens is 4. The van der Waals surface area contributed by atoms with Crippen molar-refractivity contribution >= 4 is 17.5 Å². The number of benzene rings is 1. The Hall–Kier alpha value is -1.23. The maximum atomic E-state index is 13.0. The van der Waals surface area contributed by atoms with Gasteiger partial charge < -0.3 is 4.90 Å². The van der Waals surface area contributed by atoms with Crippen LogP contribution in [0, 0.1) is 0 Å². The predicted molar refractivity (Wildman–Crippen MR) is 70.8 cm³/mol. The quantitative estimate of drug-likeness (QED) is 0.758. The lowest BCUT2D eigenvalue weighted by atomic mass is 10.00. The fourth-order valence-corrected chi connectivity index (χ4v) is 2.82. The fourth-order valence-electron chi connectivity index (χ4n) is 2.50. The maximum Gasteiger partial charge on any atom is 0.417 e. The van der Waals surface area contributed by atoms with Gasteiger partial charge in [-0.05, 0) is 31.4 Å². The summed E-state index contributed by atoms with van der Waals surface area (Å²) in [4.78, 5) is 13.9. The number of nitrogens with zero attached hydrogens (tertiary/aromatic N) is 1. The van der Waals surface area contributed by atoms with Gasteiger partial charge >= 0.3 is 6.18 Å². The van der Waals surface area contributed by atoms with Gasteiger partial charge in [0.1, 0.15) is 0 Å².